The highest BCUT2D eigenvalue weighted by Crippen LogP contribution is 2.10. The Kier molecular flexibility index (Phi) is 5.63. The van der Waals surface area contributed by atoms with Crippen LogP contribution < -0.4 is 5.48 Å². The number of urea groups is 1. The molecule has 16 heavy (non-hydrogen) atoms. The summed E-state index contributed by atoms with van der Waals surface area (Å²) in [4.78, 5) is 27.9. The van der Waals surface area contributed by atoms with Gasteiger partial charge < -0.3 is 10.0 Å². The summed E-state index contributed by atoms with van der Waals surface area (Å²) in [6.07, 6.45) is 5.49. The third kappa shape index (κ3) is 4.97. The maximum Gasteiger partial charge on any atom is 0.341 e. The van der Waals surface area contributed by atoms with Gasteiger partial charge in [-0.3, -0.25) is 4.84 Å². The van der Waals surface area contributed by atoms with E-state index < -0.39 is 12.6 Å². The highest BCUT2D eigenvalue weighted by Gasteiger charge is 2.14. The number of carboxylic acids is 1. The summed E-state index contributed by atoms with van der Waals surface area (Å²) in [6.45, 7) is 0.907. The van der Waals surface area contributed by atoms with Crippen molar-refractivity contribution in [2.75, 3.05) is 19.7 Å². The Morgan fingerprint density at radius 3 is 2.25 bits per heavy atom. The second-order valence-electron chi connectivity index (χ2n) is 3.84. The quantitative estimate of drug-likeness (QED) is 0.708. The van der Waals surface area contributed by atoms with Crippen molar-refractivity contribution < 1.29 is 19.5 Å². The highest BCUT2D eigenvalue weighted by molar-refractivity contribution is 5.73. The number of nitrogens with zero attached hydrogens (tertiary/aromatic N) is 1. The number of amides is 2. The molecule has 0 unspecified atom stereocenters. The first-order valence-corrected chi connectivity index (χ1v) is 5.58. The molecule has 0 radical (unpaired) electrons. The molecule has 92 valence electrons. The summed E-state index contributed by atoms with van der Waals surface area (Å²) in [5, 5.41) is 8.33. The summed E-state index contributed by atoms with van der Waals surface area (Å²) in [5.41, 5.74) is 2.14. The molecule has 6 heteroatoms. The Labute approximate surface area is 94.5 Å². The molecule has 1 aliphatic rings. The van der Waals surface area contributed by atoms with Gasteiger partial charge in [0.15, 0.2) is 6.61 Å². The number of likely N-dealkylation sites (tertiary alicyclic amines) is 1. The zero-order chi connectivity index (χ0) is 11.8. The van der Waals surface area contributed by atoms with Crippen LogP contribution in [0.1, 0.15) is 32.1 Å². The van der Waals surface area contributed by atoms with Crippen LogP contribution in [0.25, 0.3) is 0 Å². The van der Waals surface area contributed by atoms with Crippen LogP contribution in [0.2, 0.25) is 0 Å². The fourth-order valence-corrected chi connectivity index (χ4v) is 1.67. The molecule has 0 aromatic carbocycles. The standard InChI is InChI=1S/C10H18N2O4/c13-9(14)8-16-11-10(15)12-6-4-2-1-3-5-7-12/h1-8H2,(H,11,15)(H,13,14). The minimum Gasteiger partial charge on any atom is -0.479 e. The highest BCUT2D eigenvalue weighted by atomic mass is 16.7. The average Bonchev–Trinajstić information content (AvgIpc) is 2.15. The van der Waals surface area contributed by atoms with Crippen LogP contribution in [-0.2, 0) is 9.63 Å². The molecule has 0 bridgehead atoms. The van der Waals surface area contributed by atoms with E-state index in [0.29, 0.717) is 13.1 Å². The maximum atomic E-state index is 11.5. The molecule has 1 rings (SSSR count). The summed E-state index contributed by atoms with van der Waals surface area (Å²) >= 11 is 0. The Morgan fingerprint density at radius 1 is 1.12 bits per heavy atom. The molecule has 1 aliphatic heterocycles. The number of hydrogen-bond donors (Lipinski definition) is 2. The molecular formula is C10H18N2O4. The molecule has 0 spiro atoms. The smallest absolute Gasteiger partial charge is 0.341 e. The first kappa shape index (κ1) is 12.8. The van der Waals surface area contributed by atoms with Crippen molar-refractivity contribution in [3.05, 3.63) is 0 Å². The van der Waals surface area contributed by atoms with E-state index in [1.54, 1.807) is 4.90 Å². The lowest BCUT2D eigenvalue weighted by atomic mass is 10.1. The zero-order valence-corrected chi connectivity index (χ0v) is 9.28. The Bertz CT molecular complexity index is 237. The molecule has 1 saturated heterocycles. The molecule has 2 N–H and O–H groups in total. The summed E-state index contributed by atoms with van der Waals surface area (Å²) < 4.78 is 0. The Morgan fingerprint density at radius 2 is 1.69 bits per heavy atom. The van der Waals surface area contributed by atoms with Gasteiger partial charge in [0.1, 0.15) is 0 Å². The third-order valence-corrected chi connectivity index (χ3v) is 2.50. The van der Waals surface area contributed by atoms with Gasteiger partial charge in [-0.1, -0.05) is 19.3 Å². The van der Waals surface area contributed by atoms with Gasteiger partial charge >= 0.3 is 12.0 Å². The minimum atomic E-state index is -1.10. The summed E-state index contributed by atoms with van der Waals surface area (Å²) in [7, 11) is 0. The predicted octanol–water partition coefficient (Wildman–Crippen LogP) is 0.978. The van der Waals surface area contributed by atoms with Crippen LogP contribution in [0.5, 0.6) is 0 Å². The van der Waals surface area contributed by atoms with Crippen molar-refractivity contribution in [1.29, 1.82) is 0 Å². The first-order valence-electron chi connectivity index (χ1n) is 5.58. The minimum absolute atomic E-state index is 0.344. The largest absolute Gasteiger partial charge is 0.479 e. The fourth-order valence-electron chi connectivity index (χ4n) is 1.67. The van der Waals surface area contributed by atoms with Crippen molar-refractivity contribution in [1.82, 2.24) is 10.4 Å². The monoisotopic (exact) mass is 230 g/mol. The van der Waals surface area contributed by atoms with Gasteiger partial charge in [0, 0.05) is 13.1 Å². The lowest BCUT2D eigenvalue weighted by Gasteiger charge is -2.24. The zero-order valence-electron chi connectivity index (χ0n) is 9.28. The number of carboxylic acid groups (broad SMARTS) is 1. The number of aliphatic carboxylic acids is 1. The molecular weight excluding hydrogens is 212 g/mol. The second kappa shape index (κ2) is 7.05. The number of nitrogens with one attached hydrogen (secondary N) is 1. The van der Waals surface area contributed by atoms with Crippen LogP contribution in [0, 0.1) is 0 Å². The van der Waals surface area contributed by atoms with Crippen molar-refractivity contribution >= 4 is 12.0 Å². The topological polar surface area (TPSA) is 78.9 Å². The molecule has 0 aromatic rings. The number of carbonyl (C=O) groups excluding carboxylic acids is 1. The maximum absolute atomic E-state index is 11.5. The molecule has 6 nitrogen and oxygen atoms in total. The predicted molar refractivity (Wildman–Crippen MR) is 56.8 cm³/mol. The van der Waals surface area contributed by atoms with Gasteiger partial charge in [0.25, 0.3) is 0 Å². The molecule has 0 aromatic heterocycles. The van der Waals surface area contributed by atoms with E-state index in [9.17, 15) is 9.59 Å². The normalized spacial score (nSPS) is 17.4. The van der Waals surface area contributed by atoms with E-state index in [-0.39, 0.29) is 6.03 Å². The van der Waals surface area contributed by atoms with Crippen LogP contribution in [0.15, 0.2) is 0 Å². The van der Waals surface area contributed by atoms with Crippen molar-refractivity contribution in [3.63, 3.8) is 0 Å². The van der Waals surface area contributed by atoms with Gasteiger partial charge in [-0.25, -0.2) is 15.1 Å². The average molecular weight is 230 g/mol. The molecule has 2 amide bonds. The molecule has 0 saturated carbocycles. The molecule has 0 atom stereocenters. The van der Waals surface area contributed by atoms with E-state index in [0.717, 1.165) is 25.7 Å². The lowest BCUT2D eigenvalue weighted by molar-refractivity contribution is -0.144. The van der Waals surface area contributed by atoms with Gasteiger partial charge in [-0.2, -0.15) is 0 Å². The summed E-state index contributed by atoms with van der Waals surface area (Å²) in [6, 6.07) is -0.344. The van der Waals surface area contributed by atoms with Crippen molar-refractivity contribution in [3.8, 4) is 0 Å². The molecule has 1 heterocycles. The van der Waals surface area contributed by atoms with Crippen LogP contribution >= 0.6 is 0 Å². The van der Waals surface area contributed by atoms with Gasteiger partial charge in [0.05, 0.1) is 0 Å². The second-order valence-corrected chi connectivity index (χ2v) is 3.84. The van der Waals surface area contributed by atoms with Crippen LogP contribution in [-0.4, -0.2) is 41.7 Å². The Balaban J connectivity index is 2.24. The van der Waals surface area contributed by atoms with E-state index in [4.69, 9.17) is 5.11 Å². The lowest BCUT2D eigenvalue weighted by Crippen LogP contribution is -2.42. The molecule has 1 fully saturated rings. The van der Waals surface area contributed by atoms with E-state index in [1.165, 1.54) is 6.42 Å². The Hall–Kier alpha value is -1.30. The number of hydrogen-bond acceptors (Lipinski definition) is 3. The van der Waals surface area contributed by atoms with Crippen LogP contribution in [0.4, 0.5) is 4.79 Å². The fraction of sp³-hybridized carbons (Fsp3) is 0.800. The number of rotatable bonds is 3. The SMILES string of the molecule is O=C(O)CONC(=O)N1CCCCCCC1. The van der Waals surface area contributed by atoms with E-state index in [2.05, 4.69) is 10.3 Å². The van der Waals surface area contributed by atoms with E-state index >= 15 is 0 Å². The van der Waals surface area contributed by atoms with Crippen molar-refractivity contribution in [2.24, 2.45) is 0 Å². The number of carbonyl (C=O) groups is 2. The van der Waals surface area contributed by atoms with Gasteiger partial charge in [-0.05, 0) is 12.8 Å². The molecule has 0 aliphatic carbocycles. The van der Waals surface area contributed by atoms with Gasteiger partial charge in [-0.15, -0.1) is 0 Å². The summed E-state index contributed by atoms with van der Waals surface area (Å²) in [5.74, 6) is -1.10. The number of hydroxylamine groups is 1. The third-order valence-electron chi connectivity index (χ3n) is 2.50. The van der Waals surface area contributed by atoms with Gasteiger partial charge in [0.2, 0.25) is 0 Å². The first-order chi connectivity index (χ1) is 7.70. The van der Waals surface area contributed by atoms with Crippen LogP contribution in [0.3, 0.4) is 0 Å². The van der Waals surface area contributed by atoms with Crippen molar-refractivity contribution in [2.45, 2.75) is 32.1 Å². The van der Waals surface area contributed by atoms with E-state index in [1.807, 2.05) is 0 Å².